The predicted molar refractivity (Wildman–Crippen MR) is 75.8 cm³/mol. The van der Waals surface area contributed by atoms with Crippen LogP contribution in [0.15, 0.2) is 18.2 Å². The molecule has 20 heavy (non-hydrogen) atoms. The maximum Gasteiger partial charge on any atom is 0.329 e. The Labute approximate surface area is 117 Å². The quantitative estimate of drug-likeness (QED) is 0.688. The zero-order valence-corrected chi connectivity index (χ0v) is 11.9. The number of hydrogen-bond donors (Lipinski definition) is 3. The number of methoxy groups -OCH3 is 1. The molecule has 0 saturated heterocycles. The van der Waals surface area contributed by atoms with Crippen LogP contribution in [0.4, 0.5) is 5.69 Å². The van der Waals surface area contributed by atoms with Crippen LogP contribution in [0.3, 0.4) is 0 Å². The van der Waals surface area contributed by atoms with Crippen molar-refractivity contribution in [1.82, 2.24) is 5.32 Å². The van der Waals surface area contributed by atoms with Crippen molar-refractivity contribution in [3.63, 3.8) is 0 Å². The first-order valence-corrected chi connectivity index (χ1v) is 6.33. The van der Waals surface area contributed by atoms with Gasteiger partial charge in [0, 0.05) is 11.8 Å². The summed E-state index contributed by atoms with van der Waals surface area (Å²) in [5, 5.41) is 11.8. The molecule has 0 aliphatic rings. The Kier molecular flexibility index (Phi) is 4.96. The van der Waals surface area contributed by atoms with E-state index in [0.29, 0.717) is 24.3 Å². The van der Waals surface area contributed by atoms with Gasteiger partial charge in [0.1, 0.15) is 11.3 Å². The molecule has 1 amide bonds. The molecule has 6 heteroatoms. The molecule has 0 saturated carbocycles. The van der Waals surface area contributed by atoms with Gasteiger partial charge in [-0.2, -0.15) is 0 Å². The standard InChI is InChI=1S/C14H20N2O4/c1-4-7-14(2,13(18)19)16-12(17)10-6-5-9(15)8-11(10)20-3/h5-6,8H,4,7,15H2,1-3H3,(H,16,17)(H,18,19). The van der Waals surface area contributed by atoms with Crippen LogP contribution in [0.25, 0.3) is 0 Å². The van der Waals surface area contributed by atoms with Gasteiger partial charge in [-0.3, -0.25) is 4.79 Å². The van der Waals surface area contributed by atoms with Crippen LogP contribution in [0.5, 0.6) is 5.75 Å². The molecule has 0 fully saturated rings. The number of aliphatic carboxylic acids is 1. The van der Waals surface area contributed by atoms with Gasteiger partial charge >= 0.3 is 5.97 Å². The predicted octanol–water partition coefficient (Wildman–Crippen LogP) is 1.65. The molecule has 1 atom stereocenters. The maximum atomic E-state index is 12.2. The average molecular weight is 280 g/mol. The molecule has 0 aliphatic carbocycles. The number of carboxylic acids is 1. The minimum absolute atomic E-state index is 0.255. The van der Waals surface area contributed by atoms with E-state index in [0.717, 1.165) is 0 Å². The summed E-state index contributed by atoms with van der Waals surface area (Å²) in [7, 11) is 1.42. The highest BCUT2D eigenvalue weighted by molar-refractivity contribution is 6.00. The number of carbonyl (C=O) groups excluding carboxylic acids is 1. The molecule has 110 valence electrons. The van der Waals surface area contributed by atoms with Crippen LogP contribution in [0.1, 0.15) is 37.0 Å². The van der Waals surface area contributed by atoms with Crippen molar-refractivity contribution in [3.05, 3.63) is 23.8 Å². The minimum Gasteiger partial charge on any atom is -0.496 e. The number of nitrogen functional groups attached to an aromatic ring is 1. The van der Waals surface area contributed by atoms with E-state index in [1.165, 1.54) is 26.2 Å². The monoisotopic (exact) mass is 280 g/mol. The third kappa shape index (κ3) is 3.40. The van der Waals surface area contributed by atoms with E-state index in [2.05, 4.69) is 5.32 Å². The van der Waals surface area contributed by atoms with Gasteiger partial charge in [0.15, 0.2) is 0 Å². The third-order valence-electron chi connectivity index (χ3n) is 3.08. The fourth-order valence-corrected chi connectivity index (χ4v) is 1.94. The molecule has 1 aromatic carbocycles. The Morgan fingerprint density at radius 2 is 2.10 bits per heavy atom. The van der Waals surface area contributed by atoms with Gasteiger partial charge in [-0.1, -0.05) is 13.3 Å². The zero-order valence-electron chi connectivity index (χ0n) is 11.9. The number of benzene rings is 1. The Morgan fingerprint density at radius 1 is 1.45 bits per heavy atom. The van der Waals surface area contributed by atoms with E-state index < -0.39 is 17.4 Å². The molecule has 0 radical (unpaired) electrons. The van der Waals surface area contributed by atoms with Crippen molar-refractivity contribution in [2.45, 2.75) is 32.2 Å². The number of carboxylic acid groups (broad SMARTS) is 1. The summed E-state index contributed by atoms with van der Waals surface area (Å²) in [5.74, 6) is -1.26. The van der Waals surface area contributed by atoms with E-state index in [4.69, 9.17) is 10.5 Å². The molecule has 1 aromatic rings. The van der Waals surface area contributed by atoms with Gasteiger partial charge in [-0.15, -0.1) is 0 Å². The zero-order chi connectivity index (χ0) is 15.3. The topological polar surface area (TPSA) is 102 Å². The summed E-state index contributed by atoms with van der Waals surface area (Å²) in [5.41, 5.74) is 5.03. The molecule has 4 N–H and O–H groups in total. The number of anilines is 1. The summed E-state index contributed by atoms with van der Waals surface area (Å²) in [6, 6.07) is 4.60. The van der Waals surface area contributed by atoms with Gasteiger partial charge in [-0.05, 0) is 25.5 Å². The lowest BCUT2D eigenvalue weighted by Gasteiger charge is -2.26. The normalized spacial score (nSPS) is 13.3. The lowest BCUT2D eigenvalue weighted by Crippen LogP contribution is -2.52. The van der Waals surface area contributed by atoms with Crippen LogP contribution >= 0.6 is 0 Å². The summed E-state index contributed by atoms with van der Waals surface area (Å²) in [6.45, 7) is 3.34. The number of ether oxygens (including phenoxy) is 1. The van der Waals surface area contributed by atoms with Crippen LogP contribution in [-0.2, 0) is 4.79 Å². The van der Waals surface area contributed by atoms with E-state index in [-0.39, 0.29) is 5.56 Å². The third-order valence-corrected chi connectivity index (χ3v) is 3.08. The first-order chi connectivity index (χ1) is 9.34. The number of rotatable bonds is 6. The average Bonchev–Trinajstić information content (AvgIpc) is 2.38. The number of nitrogens with two attached hydrogens (primary N) is 1. The highest BCUT2D eigenvalue weighted by atomic mass is 16.5. The lowest BCUT2D eigenvalue weighted by atomic mass is 9.95. The van der Waals surface area contributed by atoms with Gasteiger partial charge in [0.05, 0.1) is 12.7 Å². The molecule has 1 rings (SSSR count). The molecular formula is C14H20N2O4. The van der Waals surface area contributed by atoms with Crippen molar-refractivity contribution in [2.75, 3.05) is 12.8 Å². The highest BCUT2D eigenvalue weighted by Crippen LogP contribution is 2.23. The molecule has 0 bridgehead atoms. The second-order valence-electron chi connectivity index (χ2n) is 4.80. The van der Waals surface area contributed by atoms with Crippen molar-refractivity contribution >= 4 is 17.6 Å². The van der Waals surface area contributed by atoms with Gasteiger partial charge in [-0.25, -0.2) is 4.79 Å². The van der Waals surface area contributed by atoms with Gasteiger partial charge < -0.3 is 20.9 Å². The second-order valence-corrected chi connectivity index (χ2v) is 4.80. The number of nitrogens with one attached hydrogen (secondary N) is 1. The minimum atomic E-state index is -1.31. The maximum absolute atomic E-state index is 12.2. The van der Waals surface area contributed by atoms with E-state index in [9.17, 15) is 14.7 Å². The van der Waals surface area contributed by atoms with Crippen molar-refractivity contribution in [2.24, 2.45) is 0 Å². The van der Waals surface area contributed by atoms with E-state index >= 15 is 0 Å². The largest absolute Gasteiger partial charge is 0.496 e. The Bertz CT molecular complexity index is 516. The highest BCUT2D eigenvalue weighted by Gasteiger charge is 2.34. The molecule has 0 spiro atoms. The van der Waals surface area contributed by atoms with E-state index in [1.807, 2.05) is 6.92 Å². The number of amides is 1. The second kappa shape index (κ2) is 6.27. The SMILES string of the molecule is CCCC(C)(NC(=O)c1ccc(N)cc1OC)C(=O)O. The molecule has 1 unspecified atom stereocenters. The first kappa shape index (κ1) is 15.8. The summed E-state index contributed by atoms with van der Waals surface area (Å²) in [6.07, 6.45) is 0.979. The fraction of sp³-hybridized carbons (Fsp3) is 0.429. The summed E-state index contributed by atoms with van der Waals surface area (Å²) in [4.78, 5) is 23.6. The lowest BCUT2D eigenvalue weighted by molar-refractivity contribution is -0.144. The molecular weight excluding hydrogens is 260 g/mol. The van der Waals surface area contributed by atoms with Crippen molar-refractivity contribution < 1.29 is 19.4 Å². The molecule has 0 heterocycles. The molecule has 0 aliphatic heterocycles. The molecule has 0 aromatic heterocycles. The number of carbonyl (C=O) groups is 2. The number of hydrogen-bond acceptors (Lipinski definition) is 4. The van der Waals surface area contributed by atoms with Gasteiger partial charge in [0.2, 0.25) is 0 Å². The van der Waals surface area contributed by atoms with Crippen LogP contribution in [0.2, 0.25) is 0 Å². The Hall–Kier alpha value is -2.24. The van der Waals surface area contributed by atoms with Crippen LogP contribution < -0.4 is 15.8 Å². The first-order valence-electron chi connectivity index (χ1n) is 6.33. The summed E-state index contributed by atoms with van der Waals surface area (Å²) >= 11 is 0. The van der Waals surface area contributed by atoms with Crippen LogP contribution in [0, 0.1) is 0 Å². The summed E-state index contributed by atoms with van der Waals surface area (Å²) < 4.78 is 5.09. The van der Waals surface area contributed by atoms with E-state index in [1.54, 1.807) is 6.07 Å². The van der Waals surface area contributed by atoms with Gasteiger partial charge in [0.25, 0.3) is 5.91 Å². The Morgan fingerprint density at radius 3 is 2.60 bits per heavy atom. The van der Waals surface area contributed by atoms with Crippen molar-refractivity contribution in [3.8, 4) is 5.75 Å². The van der Waals surface area contributed by atoms with Crippen molar-refractivity contribution in [1.29, 1.82) is 0 Å². The molecule has 6 nitrogen and oxygen atoms in total. The smallest absolute Gasteiger partial charge is 0.329 e. The fourth-order valence-electron chi connectivity index (χ4n) is 1.94. The Balaban J connectivity index is 3.04. The van der Waals surface area contributed by atoms with Crippen LogP contribution in [-0.4, -0.2) is 29.6 Å².